The van der Waals surface area contributed by atoms with Gasteiger partial charge in [0.15, 0.2) is 5.17 Å². The Bertz CT molecular complexity index is 236. The summed E-state index contributed by atoms with van der Waals surface area (Å²) < 4.78 is 0. The van der Waals surface area contributed by atoms with E-state index in [0.717, 1.165) is 18.3 Å². The van der Waals surface area contributed by atoms with Crippen LogP contribution in [0.15, 0.2) is 4.99 Å². The molecule has 16 heavy (non-hydrogen) atoms. The molecule has 1 unspecified atom stereocenters. The molecule has 1 fully saturated rings. The molecule has 92 valence electrons. The molecule has 0 aromatic rings. The second-order valence-electron chi connectivity index (χ2n) is 4.62. The summed E-state index contributed by atoms with van der Waals surface area (Å²) in [5, 5.41) is 5.35. The van der Waals surface area contributed by atoms with Gasteiger partial charge in [0.25, 0.3) is 0 Å². The molecule has 0 bridgehead atoms. The number of thioether (sulfide) groups is 1. The van der Waals surface area contributed by atoms with Crippen LogP contribution in [0.3, 0.4) is 0 Å². The number of hydrogen-bond acceptors (Lipinski definition) is 4. The van der Waals surface area contributed by atoms with E-state index in [4.69, 9.17) is 0 Å². The summed E-state index contributed by atoms with van der Waals surface area (Å²) in [6, 6.07) is 0. The van der Waals surface area contributed by atoms with E-state index in [0.29, 0.717) is 0 Å². The molecule has 1 atom stereocenters. The maximum absolute atomic E-state index is 4.51. The minimum absolute atomic E-state index is 0.723. The van der Waals surface area contributed by atoms with E-state index in [1.54, 1.807) is 0 Å². The van der Waals surface area contributed by atoms with Crippen LogP contribution in [-0.2, 0) is 0 Å². The monoisotopic (exact) mass is 241 g/mol. The van der Waals surface area contributed by atoms with Crippen molar-refractivity contribution in [3.05, 3.63) is 0 Å². The first-order valence-electron chi connectivity index (χ1n) is 6.56. The quantitative estimate of drug-likeness (QED) is 0.746. The Labute approximate surface area is 103 Å². The summed E-state index contributed by atoms with van der Waals surface area (Å²) >= 11 is 1.92. The molecule has 0 aromatic carbocycles. The van der Waals surface area contributed by atoms with Crippen molar-refractivity contribution in [3.8, 4) is 0 Å². The Balaban J connectivity index is 1.51. The van der Waals surface area contributed by atoms with Crippen molar-refractivity contribution < 1.29 is 0 Å². The first-order valence-corrected chi connectivity index (χ1v) is 7.44. The van der Waals surface area contributed by atoms with Crippen molar-refractivity contribution in [2.75, 3.05) is 32.7 Å². The van der Waals surface area contributed by atoms with Gasteiger partial charge >= 0.3 is 0 Å². The van der Waals surface area contributed by atoms with Crippen LogP contribution in [0.4, 0.5) is 0 Å². The third-order valence-corrected chi connectivity index (χ3v) is 4.61. The van der Waals surface area contributed by atoms with Crippen LogP contribution in [0, 0.1) is 0 Å². The lowest BCUT2D eigenvalue weighted by atomic mass is 10.3. The summed E-state index contributed by atoms with van der Waals surface area (Å²) in [7, 11) is 0. The van der Waals surface area contributed by atoms with Gasteiger partial charge in [0, 0.05) is 11.8 Å². The average Bonchev–Trinajstić information content (AvgIpc) is 2.95. The van der Waals surface area contributed by atoms with Crippen molar-refractivity contribution in [1.82, 2.24) is 10.2 Å². The normalized spacial score (nSPS) is 26.1. The predicted molar refractivity (Wildman–Crippen MR) is 72.3 cm³/mol. The zero-order valence-electron chi connectivity index (χ0n) is 10.2. The molecule has 0 aromatic heterocycles. The Hall–Kier alpha value is -0.220. The fourth-order valence-electron chi connectivity index (χ4n) is 2.23. The predicted octanol–water partition coefficient (Wildman–Crippen LogP) is 1.94. The number of rotatable bonds is 5. The molecule has 2 aliphatic rings. The van der Waals surface area contributed by atoms with Gasteiger partial charge in [0.1, 0.15) is 0 Å². The molecule has 4 heteroatoms. The van der Waals surface area contributed by atoms with Crippen LogP contribution in [0.5, 0.6) is 0 Å². The molecule has 0 radical (unpaired) electrons. The lowest BCUT2D eigenvalue weighted by molar-refractivity contribution is 0.334. The zero-order valence-corrected chi connectivity index (χ0v) is 11.1. The number of aliphatic imine (C=N–C) groups is 1. The molecule has 1 saturated heterocycles. The molecule has 2 rings (SSSR count). The fraction of sp³-hybridized carbons (Fsp3) is 0.917. The highest BCUT2D eigenvalue weighted by Crippen LogP contribution is 2.21. The smallest absolute Gasteiger partial charge is 0.156 e. The van der Waals surface area contributed by atoms with E-state index in [1.807, 2.05) is 11.8 Å². The second-order valence-corrected chi connectivity index (χ2v) is 5.91. The van der Waals surface area contributed by atoms with Crippen LogP contribution in [-0.4, -0.2) is 48.0 Å². The summed E-state index contributed by atoms with van der Waals surface area (Å²) in [6.07, 6.45) is 5.27. The summed E-state index contributed by atoms with van der Waals surface area (Å²) in [6.45, 7) is 8.21. The SMILES string of the molecule is CCC1CN=C(NCCCN2CCCC2)S1. The van der Waals surface area contributed by atoms with Crippen molar-refractivity contribution >= 4 is 16.9 Å². The van der Waals surface area contributed by atoms with Crippen molar-refractivity contribution in [3.63, 3.8) is 0 Å². The Kier molecular flexibility index (Phi) is 4.97. The van der Waals surface area contributed by atoms with Gasteiger partial charge in [-0.1, -0.05) is 18.7 Å². The molecule has 0 spiro atoms. The van der Waals surface area contributed by atoms with Crippen LogP contribution in [0.25, 0.3) is 0 Å². The van der Waals surface area contributed by atoms with Gasteiger partial charge in [0.05, 0.1) is 6.54 Å². The van der Waals surface area contributed by atoms with E-state index in [9.17, 15) is 0 Å². The highest BCUT2D eigenvalue weighted by molar-refractivity contribution is 8.14. The molecule has 2 aliphatic heterocycles. The lowest BCUT2D eigenvalue weighted by Gasteiger charge is -2.14. The number of nitrogens with one attached hydrogen (secondary N) is 1. The van der Waals surface area contributed by atoms with Gasteiger partial charge in [-0.15, -0.1) is 0 Å². The Morgan fingerprint density at radius 2 is 2.25 bits per heavy atom. The zero-order chi connectivity index (χ0) is 11.2. The van der Waals surface area contributed by atoms with Gasteiger partial charge in [-0.25, -0.2) is 0 Å². The summed E-state index contributed by atoms with van der Waals surface area (Å²) in [5.74, 6) is 0. The van der Waals surface area contributed by atoms with Gasteiger partial charge < -0.3 is 10.2 Å². The Morgan fingerprint density at radius 1 is 1.44 bits per heavy atom. The van der Waals surface area contributed by atoms with Crippen molar-refractivity contribution in [2.24, 2.45) is 4.99 Å². The van der Waals surface area contributed by atoms with Crippen LogP contribution in [0.1, 0.15) is 32.6 Å². The first kappa shape index (κ1) is 12.2. The molecular formula is C12H23N3S. The topological polar surface area (TPSA) is 27.6 Å². The van der Waals surface area contributed by atoms with Crippen LogP contribution >= 0.6 is 11.8 Å². The fourth-order valence-corrected chi connectivity index (χ4v) is 3.20. The van der Waals surface area contributed by atoms with E-state index < -0.39 is 0 Å². The number of likely N-dealkylation sites (tertiary alicyclic amines) is 1. The van der Waals surface area contributed by atoms with Gasteiger partial charge in [-0.3, -0.25) is 4.99 Å². The lowest BCUT2D eigenvalue weighted by Crippen LogP contribution is -2.26. The Morgan fingerprint density at radius 3 is 2.94 bits per heavy atom. The van der Waals surface area contributed by atoms with Crippen molar-refractivity contribution in [2.45, 2.75) is 37.9 Å². The van der Waals surface area contributed by atoms with Gasteiger partial charge in [-0.05, 0) is 45.3 Å². The molecule has 0 aliphatic carbocycles. The molecular weight excluding hydrogens is 218 g/mol. The molecule has 0 amide bonds. The highest BCUT2D eigenvalue weighted by Gasteiger charge is 2.17. The summed E-state index contributed by atoms with van der Waals surface area (Å²) in [4.78, 5) is 7.08. The average molecular weight is 241 g/mol. The third kappa shape index (κ3) is 3.67. The van der Waals surface area contributed by atoms with Gasteiger partial charge in [-0.2, -0.15) is 0 Å². The number of hydrogen-bond donors (Lipinski definition) is 1. The summed E-state index contributed by atoms with van der Waals surface area (Å²) in [5.41, 5.74) is 0. The standard InChI is InChI=1S/C12H23N3S/c1-2-11-10-14-12(16-11)13-6-5-9-15-7-3-4-8-15/h11H,2-10H2,1H3,(H,13,14). The van der Waals surface area contributed by atoms with E-state index in [1.165, 1.54) is 50.5 Å². The largest absolute Gasteiger partial charge is 0.365 e. The minimum Gasteiger partial charge on any atom is -0.365 e. The number of nitrogens with zero attached hydrogens (tertiary/aromatic N) is 2. The molecule has 0 saturated carbocycles. The molecule has 3 nitrogen and oxygen atoms in total. The molecule has 1 N–H and O–H groups in total. The number of amidine groups is 1. The van der Waals surface area contributed by atoms with Gasteiger partial charge in [0.2, 0.25) is 0 Å². The second kappa shape index (κ2) is 6.50. The minimum atomic E-state index is 0.723. The van der Waals surface area contributed by atoms with E-state index >= 15 is 0 Å². The third-order valence-electron chi connectivity index (χ3n) is 3.30. The highest BCUT2D eigenvalue weighted by atomic mass is 32.2. The maximum atomic E-state index is 4.51. The van der Waals surface area contributed by atoms with E-state index in [-0.39, 0.29) is 0 Å². The van der Waals surface area contributed by atoms with E-state index in [2.05, 4.69) is 22.1 Å². The van der Waals surface area contributed by atoms with Crippen LogP contribution in [0.2, 0.25) is 0 Å². The molecule has 2 heterocycles. The van der Waals surface area contributed by atoms with Crippen molar-refractivity contribution in [1.29, 1.82) is 0 Å². The first-order chi connectivity index (χ1) is 7.88. The van der Waals surface area contributed by atoms with Crippen LogP contribution < -0.4 is 5.32 Å². The maximum Gasteiger partial charge on any atom is 0.156 e.